The summed E-state index contributed by atoms with van der Waals surface area (Å²) in [6.07, 6.45) is 7.16. The van der Waals surface area contributed by atoms with Crippen LogP contribution in [0.2, 0.25) is 0 Å². The Morgan fingerprint density at radius 3 is 2.33 bits per heavy atom. The van der Waals surface area contributed by atoms with Crippen LogP contribution < -0.4 is 4.90 Å². The number of anilines is 1. The van der Waals surface area contributed by atoms with Crippen molar-refractivity contribution in [3.8, 4) is 11.3 Å². The van der Waals surface area contributed by atoms with Gasteiger partial charge in [0.15, 0.2) is 5.82 Å². The molecule has 5 nitrogen and oxygen atoms in total. The predicted molar refractivity (Wildman–Crippen MR) is 120 cm³/mol. The molecule has 0 aliphatic carbocycles. The molecule has 2 heterocycles. The van der Waals surface area contributed by atoms with Gasteiger partial charge in [0.05, 0.1) is 0 Å². The fraction of sp³-hybridized carbons (Fsp3) is 0.320. The molecule has 1 amide bonds. The molecule has 2 aromatic carbocycles. The van der Waals surface area contributed by atoms with Crippen molar-refractivity contribution in [3.05, 3.63) is 78.1 Å². The number of benzene rings is 2. The van der Waals surface area contributed by atoms with Gasteiger partial charge in [-0.3, -0.25) is 9.78 Å². The highest BCUT2D eigenvalue weighted by atomic mass is 16.2. The average Bonchev–Trinajstić information content (AvgIpc) is 2.83. The number of piperidine rings is 1. The summed E-state index contributed by atoms with van der Waals surface area (Å²) in [5, 5.41) is 0. The molecule has 1 fully saturated rings. The summed E-state index contributed by atoms with van der Waals surface area (Å²) in [6.45, 7) is 5.33. The summed E-state index contributed by atoms with van der Waals surface area (Å²) in [4.78, 5) is 26.4. The predicted octanol–water partition coefficient (Wildman–Crippen LogP) is 4.80. The van der Waals surface area contributed by atoms with E-state index in [1.165, 1.54) is 19.3 Å². The summed E-state index contributed by atoms with van der Waals surface area (Å²) in [6, 6.07) is 17.9. The van der Waals surface area contributed by atoms with Crippen molar-refractivity contribution >= 4 is 11.7 Å². The first-order valence-electron chi connectivity index (χ1n) is 10.8. The van der Waals surface area contributed by atoms with Gasteiger partial charge in [-0.25, -0.2) is 4.98 Å². The maximum atomic E-state index is 13.0. The molecule has 4 rings (SSSR count). The third kappa shape index (κ3) is 4.51. The zero-order chi connectivity index (χ0) is 20.8. The van der Waals surface area contributed by atoms with Crippen LogP contribution in [0.15, 0.2) is 67.0 Å². The fourth-order valence-electron chi connectivity index (χ4n) is 3.96. The SMILES string of the molecule is CCN(Cc1ccccc1)C(=O)c1ccc(-c2nccnc2N2CCCCC2)cc1. The lowest BCUT2D eigenvalue weighted by Crippen LogP contribution is -2.31. The van der Waals surface area contributed by atoms with E-state index in [1.54, 1.807) is 12.4 Å². The van der Waals surface area contributed by atoms with Gasteiger partial charge in [0, 0.05) is 49.7 Å². The van der Waals surface area contributed by atoms with Crippen molar-refractivity contribution in [1.29, 1.82) is 0 Å². The highest BCUT2D eigenvalue weighted by molar-refractivity contribution is 5.94. The van der Waals surface area contributed by atoms with Crippen LogP contribution in [0.4, 0.5) is 5.82 Å². The van der Waals surface area contributed by atoms with Crippen molar-refractivity contribution in [2.24, 2.45) is 0 Å². The number of rotatable bonds is 6. The van der Waals surface area contributed by atoms with E-state index in [0.717, 1.165) is 35.7 Å². The van der Waals surface area contributed by atoms with Crippen molar-refractivity contribution in [1.82, 2.24) is 14.9 Å². The number of aromatic nitrogens is 2. The van der Waals surface area contributed by atoms with E-state index in [2.05, 4.69) is 27.0 Å². The number of amides is 1. The van der Waals surface area contributed by atoms with Crippen LogP contribution in [0.1, 0.15) is 42.1 Å². The summed E-state index contributed by atoms with van der Waals surface area (Å²) in [7, 11) is 0. The van der Waals surface area contributed by atoms with Crippen LogP contribution in [-0.4, -0.2) is 40.4 Å². The van der Waals surface area contributed by atoms with Crippen molar-refractivity contribution < 1.29 is 4.79 Å². The van der Waals surface area contributed by atoms with Crippen LogP contribution >= 0.6 is 0 Å². The number of carbonyl (C=O) groups excluding carboxylic acids is 1. The van der Waals surface area contributed by atoms with Gasteiger partial charge in [-0.05, 0) is 43.9 Å². The van der Waals surface area contributed by atoms with Gasteiger partial charge >= 0.3 is 0 Å². The quantitative estimate of drug-likeness (QED) is 0.597. The Balaban J connectivity index is 1.53. The highest BCUT2D eigenvalue weighted by Gasteiger charge is 2.19. The highest BCUT2D eigenvalue weighted by Crippen LogP contribution is 2.29. The number of carbonyl (C=O) groups is 1. The smallest absolute Gasteiger partial charge is 0.254 e. The summed E-state index contributed by atoms with van der Waals surface area (Å²) in [5.74, 6) is 0.985. The maximum absolute atomic E-state index is 13.0. The molecule has 5 heteroatoms. The maximum Gasteiger partial charge on any atom is 0.254 e. The standard InChI is InChI=1S/C25H28N4O/c1-2-28(19-20-9-5-3-6-10-20)25(30)22-13-11-21(12-14-22)23-24(27-16-15-26-23)29-17-7-4-8-18-29/h3,5-6,9-16H,2,4,7-8,17-19H2,1H3. The largest absolute Gasteiger partial charge is 0.355 e. The summed E-state index contributed by atoms with van der Waals surface area (Å²) >= 11 is 0. The molecule has 0 spiro atoms. The zero-order valence-electron chi connectivity index (χ0n) is 17.5. The van der Waals surface area contributed by atoms with Gasteiger partial charge in [-0.1, -0.05) is 42.5 Å². The second-order valence-electron chi connectivity index (χ2n) is 7.66. The van der Waals surface area contributed by atoms with Crippen LogP contribution in [0, 0.1) is 0 Å². The minimum atomic E-state index is 0.0447. The fourth-order valence-corrected chi connectivity index (χ4v) is 3.96. The Labute approximate surface area is 178 Å². The minimum Gasteiger partial charge on any atom is -0.355 e. The van der Waals surface area contributed by atoms with Gasteiger partial charge in [0.1, 0.15) is 5.69 Å². The van der Waals surface area contributed by atoms with E-state index >= 15 is 0 Å². The molecule has 154 valence electrons. The average molecular weight is 401 g/mol. The lowest BCUT2D eigenvalue weighted by atomic mass is 10.1. The molecule has 30 heavy (non-hydrogen) atoms. The van der Waals surface area contributed by atoms with Crippen LogP contribution in [0.3, 0.4) is 0 Å². The third-order valence-electron chi connectivity index (χ3n) is 5.63. The second kappa shape index (κ2) is 9.53. The molecular formula is C25H28N4O. The molecule has 0 N–H and O–H groups in total. The molecule has 3 aromatic rings. The van der Waals surface area contributed by atoms with Gasteiger partial charge in [-0.15, -0.1) is 0 Å². The first kappa shape index (κ1) is 20.1. The van der Waals surface area contributed by atoms with Gasteiger partial charge in [0.2, 0.25) is 0 Å². The number of nitrogens with zero attached hydrogens (tertiary/aromatic N) is 4. The van der Waals surface area contributed by atoms with E-state index in [4.69, 9.17) is 0 Å². The summed E-state index contributed by atoms with van der Waals surface area (Å²) in [5.41, 5.74) is 3.70. The Bertz CT molecular complexity index is 966. The van der Waals surface area contributed by atoms with E-state index < -0.39 is 0 Å². The van der Waals surface area contributed by atoms with Gasteiger partial charge < -0.3 is 9.80 Å². The Morgan fingerprint density at radius 2 is 1.63 bits per heavy atom. The molecule has 0 unspecified atom stereocenters. The monoisotopic (exact) mass is 400 g/mol. The van der Waals surface area contributed by atoms with Gasteiger partial charge in [0.25, 0.3) is 5.91 Å². The molecule has 0 saturated carbocycles. The molecule has 1 aliphatic heterocycles. The van der Waals surface area contributed by atoms with E-state index in [0.29, 0.717) is 18.7 Å². The Hall–Kier alpha value is -3.21. The molecule has 0 atom stereocenters. The minimum absolute atomic E-state index is 0.0447. The molecule has 0 radical (unpaired) electrons. The zero-order valence-corrected chi connectivity index (χ0v) is 17.5. The Kier molecular flexibility index (Phi) is 6.38. The third-order valence-corrected chi connectivity index (χ3v) is 5.63. The molecule has 1 aromatic heterocycles. The first-order chi connectivity index (χ1) is 14.8. The second-order valence-corrected chi connectivity index (χ2v) is 7.66. The molecular weight excluding hydrogens is 372 g/mol. The molecule has 1 saturated heterocycles. The Morgan fingerprint density at radius 1 is 0.933 bits per heavy atom. The summed E-state index contributed by atoms with van der Waals surface area (Å²) < 4.78 is 0. The van der Waals surface area contributed by atoms with Crippen molar-refractivity contribution in [2.75, 3.05) is 24.5 Å². The topological polar surface area (TPSA) is 49.3 Å². The lowest BCUT2D eigenvalue weighted by molar-refractivity contribution is 0.0752. The first-order valence-corrected chi connectivity index (χ1v) is 10.8. The van der Waals surface area contributed by atoms with Gasteiger partial charge in [-0.2, -0.15) is 0 Å². The van der Waals surface area contributed by atoms with Crippen molar-refractivity contribution in [2.45, 2.75) is 32.7 Å². The normalized spacial score (nSPS) is 13.8. The molecule has 1 aliphatic rings. The number of hydrogen-bond acceptors (Lipinski definition) is 4. The van der Waals surface area contributed by atoms with Crippen LogP contribution in [0.25, 0.3) is 11.3 Å². The lowest BCUT2D eigenvalue weighted by Gasteiger charge is -2.28. The van der Waals surface area contributed by atoms with E-state index in [1.807, 2.05) is 54.3 Å². The van der Waals surface area contributed by atoms with Crippen LogP contribution in [0.5, 0.6) is 0 Å². The van der Waals surface area contributed by atoms with E-state index in [9.17, 15) is 4.79 Å². The van der Waals surface area contributed by atoms with Crippen molar-refractivity contribution in [3.63, 3.8) is 0 Å². The van der Waals surface area contributed by atoms with E-state index in [-0.39, 0.29) is 5.91 Å². The van der Waals surface area contributed by atoms with Crippen LogP contribution in [-0.2, 0) is 6.54 Å². The molecule has 0 bridgehead atoms. The number of hydrogen-bond donors (Lipinski definition) is 0.